The number of H-pyrrole nitrogens is 1. The lowest BCUT2D eigenvalue weighted by Crippen LogP contribution is -2.29. The number of hydrogen-bond acceptors (Lipinski definition) is 5. The van der Waals surface area contributed by atoms with Crippen LogP contribution >= 0.6 is 0 Å². The molecule has 158 valence electrons. The second-order valence-electron chi connectivity index (χ2n) is 7.32. The van der Waals surface area contributed by atoms with E-state index in [9.17, 15) is 14.9 Å². The Balaban J connectivity index is 1.75. The minimum Gasteiger partial charge on any atom is -0.497 e. The molecule has 32 heavy (non-hydrogen) atoms. The SMILES string of the molecule is COc1ccc(-c2n[nH]c3c2[C@@H](c2ccccc2[N+](=O)[O-])N(c2ccccc2)C3=O)cc1. The molecule has 2 heterocycles. The number of ether oxygens (including phenoxy) is 1. The lowest BCUT2D eigenvalue weighted by molar-refractivity contribution is -0.385. The molecule has 1 aliphatic heterocycles. The Labute approximate surface area is 183 Å². The molecule has 0 saturated carbocycles. The summed E-state index contributed by atoms with van der Waals surface area (Å²) < 4.78 is 5.24. The van der Waals surface area contributed by atoms with Crippen LogP contribution in [-0.2, 0) is 0 Å². The minimum atomic E-state index is -0.711. The number of carbonyl (C=O) groups excluding carboxylic acids is 1. The first-order valence-corrected chi connectivity index (χ1v) is 9.94. The van der Waals surface area contributed by atoms with Crippen molar-refractivity contribution in [2.75, 3.05) is 12.0 Å². The predicted octanol–water partition coefficient (Wildman–Crippen LogP) is 4.74. The third-order valence-electron chi connectivity index (χ3n) is 5.59. The van der Waals surface area contributed by atoms with Crippen LogP contribution in [0.15, 0.2) is 78.9 Å². The maximum atomic E-state index is 13.5. The van der Waals surface area contributed by atoms with Crippen molar-refractivity contribution in [1.29, 1.82) is 0 Å². The van der Waals surface area contributed by atoms with Gasteiger partial charge in [-0.15, -0.1) is 0 Å². The van der Waals surface area contributed by atoms with E-state index in [1.807, 2.05) is 54.6 Å². The summed E-state index contributed by atoms with van der Waals surface area (Å²) in [5.41, 5.74) is 3.28. The molecule has 1 aromatic heterocycles. The fraction of sp³-hybridized carbons (Fsp3) is 0.0833. The summed E-state index contributed by atoms with van der Waals surface area (Å²) in [6.07, 6.45) is 0. The molecular formula is C24H18N4O4. The summed E-state index contributed by atoms with van der Waals surface area (Å²) >= 11 is 0. The van der Waals surface area contributed by atoms with Crippen molar-refractivity contribution in [3.8, 4) is 17.0 Å². The smallest absolute Gasteiger partial charge is 0.277 e. The molecule has 1 N–H and O–H groups in total. The molecule has 4 aromatic rings. The molecule has 1 amide bonds. The molecule has 0 radical (unpaired) electrons. The summed E-state index contributed by atoms with van der Waals surface area (Å²) in [5, 5.41) is 19.1. The Hall–Kier alpha value is -4.46. The van der Waals surface area contributed by atoms with Crippen molar-refractivity contribution in [1.82, 2.24) is 10.2 Å². The fourth-order valence-electron chi connectivity index (χ4n) is 4.15. The van der Waals surface area contributed by atoms with E-state index in [1.54, 1.807) is 30.2 Å². The summed E-state index contributed by atoms with van der Waals surface area (Å²) in [6.45, 7) is 0. The van der Waals surface area contributed by atoms with E-state index in [2.05, 4.69) is 10.2 Å². The Morgan fingerprint density at radius 2 is 1.69 bits per heavy atom. The number of hydrogen-bond donors (Lipinski definition) is 1. The molecule has 0 unspecified atom stereocenters. The number of nitro benzene ring substituents is 1. The number of rotatable bonds is 5. The first kappa shape index (κ1) is 19.5. The molecule has 1 aliphatic rings. The van der Waals surface area contributed by atoms with Gasteiger partial charge in [0.15, 0.2) is 0 Å². The standard InChI is InChI=1S/C24H18N4O4/c1-32-17-13-11-15(12-14-17)21-20-22(26-25-21)24(29)27(16-7-3-2-4-8-16)23(20)18-9-5-6-10-19(18)28(30)31/h2-14,23H,1H3,(H,25,26)/t23-/m1/s1. The zero-order valence-corrected chi connectivity index (χ0v) is 17.1. The molecule has 3 aromatic carbocycles. The zero-order valence-electron chi connectivity index (χ0n) is 17.1. The average Bonchev–Trinajstić information content (AvgIpc) is 3.38. The maximum absolute atomic E-state index is 13.5. The third-order valence-corrected chi connectivity index (χ3v) is 5.59. The van der Waals surface area contributed by atoms with Gasteiger partial charge in [-0.2, -0.15) is 5.10 Å². The summed E-state index contributed by atoms with van der Waals surface area (Å²) in [5.74, 6) is 0.403. The van der Waals surface area contributed by atoms with Gasteiger partial charge in [0.05, 0.1) is 29.3 Å². The molecule has 0 aliphatic carbocycles. The van der Waals surface area contributed by atoms with Crippen molar-refractivity contribution < 1.29 is 14.5 Å². The Bertz CT molecular complexity index is 1320. The van der Waals surface area contributed by atoms with Gasteiger partial charge >= 0.3 is 0 Å². The lowest BCUT2D eigenvalue weighted by atomic mass is 9.94. The van der Waals surface area contributed by atoms with Gasteiger partial charge in [0.2, 0.25) is 0 Å². The molecular weight excluding hydrogens is 408 g/mol. The number of aromatic nitrogens is 2. The number of aromatic amines is 1. The highest BCUT2D eigenvalue weighted by Crippen LogP contribution is 2.47. The molecule has 8 nitrogen and oxygen atoms in total. The number of nitrogens with zero attached hydrogens (tertiary/aromatic N) is 3. The third kappa shape index (κ3) is 3.01. The molecule has 1 atom stereocenters. The average molecular weight is 426 g/mol. The normalized spacial score (nSPS) is 15.0. The van der Waals surface area contributed by atoms with Crippen molar-refractivity contribution in [3.05, 3.63) is 106 Å². The summed E-state index contributed by atoms with van der Waals surface area (Å²) in [4.78, 5) is 26.5. The van der Waals surface area contributed by atoms with Crippen LogP contribution in [0.5, 0.6) is 5.75 Å². The number of anilines is 1. The first-order chi connectivity index (χ1) is 15.6. The van der Waals surface area contributed by atoms with Gasteiger partial charge in [-0.05, 0) is 42.5 Å². The van der Waals surface area contributed by atoms with E-state index in [-0.39, 0.29) is 11.6 Å². The van der Waals surface area contributed by atoms with Crippen LogP contribution in [0.2, 0.25) is 0 Å². The number of fused-ring (bicyclic) bond motifs is 1. The van der Waals surface area contributed by atoms with Gasteiger partial charge < -0.3 is 4.74 Å². The van der Waals surface area contributed by atoms with Crippen LogP contribution < -0.4 is 9.64 Å². The van der Waals surface area contributed by atoms with Crippen LogP contribution in [0.3, 0.4) is 0 Å². The first-order valence-electron chi connectivity index (χ1n) is 9.94. The quantitative estimate of drug-likeness (QED) is 0.367. The Morgan fingerprint density at radius 1 is 1.00 bits per heavy atom. The van der Waals surface area contributed by atoms with Gasteiger partial charge in [-0.25, -0.2) is 0 Å². The van der Waals surface area contributed by atoms with Crippen molar-refractivity contribution >= 4 is 17.3 Å². The van der Waals surface area contributed by atoms with Crippen LogP contribution in [0, 0.1) is 10.1 Å². The minimum absolute atomic E-state index is 0.0547. The number of para-hydroxylation sites is 2. The Kier molecular flexibility index (Phi) is 4.67. The van der Waals surface area contributed by atoms with E-state index in [1.165, 1.54) is 6.07 Å². The number of benzene rings is 3. The zero-order chi connectivity index (χ0) is 22.2. The highest BCUT2D eigenvalue weighted by molar-refractivity contribution is 6.11. The van der Waals surface area contributed by atoms with Gasteiger partial charge in [0.25, 0.3) is 11.6 Å². The van der Waals surface area contributed by atoms with Gasteiger partial charge in [-0.3, -0.25) is 24.9 Å². The van der Waals surface area contributed by atoms with Crippen LogP contribution in [0.25, 0.3) is 11.3 Å². The number of nitrogens with one attached hydrogen (secondary N) is 1. The number of nitro groups is 1. The van der Waals surface area contributed by atoms with E-state index < -0.39 is 11.0 Å². The second-order valence-corrected chi connectivity index (χ2v) is 7.32. The van der Waals surface area contributed by atoms with Crippen molar-refractivity contribution in [3.63, 3.8) is 0 Å². The van der Waals surface area contributed by atoms with Crippen molar-refractivity contribution in [2.45, 2.75) is 6.04 Å². The molecule has 0 bridgehead atoms. The highest BCUT2D eigenvalue weighted by atomic mass is 16.6. The maximum Gasteiger partial charge on any atom is 0.277 e. The fourth-order valence-corrected chi connectivity index (χ4v) is 4.15. The molecule has 0 saturated heterocycles. The number of methoxy groups -OCH3 is 1. The highest BCUT2D eigenvalue weighted by Gasteiger charge is 2.45. The molecule has 5 rings (SSSR count). The number of carbonyl (C=O) groups is 1. The molecule has 0 spiro atoms. The van der Waals surface area contributed by atoms with Gasteiger partial charge in [0.1, 0.15) is 11.4 Å². The van der Waals surface area contributed by atoms with E-state index >= 15 is 0 Å². The molecule has 0 fully saturated rings. The summed E-state index contributed by atoms with van der Waals surface area (Å²) in [6, 6.07) is 22.2. The van der Waals surface area contributed by atoms with E-state index in [0.717, 1.165) is 5.56 Å². The van der Waals surface area contributed by atoms with Gasteiger partial charge in [0, 0.05) is 22.9 Å². The van der Waals surface area contributed by atoms with Crippen LogP contribution in [-0.4, -0.2) is 28.1 Å². The predicted molar refractivity (Wildman–Crippen MR) is 119 cm³/mol. The van der Waals surface area contributed by atoms with Crippen molar-refractivity contribution in [2.24, 2.45) is 0 Å². The van der Waals surface area contributed by atoms with Crippen LogP contribution in [0.4, 0.5) is 11.4 Å². The largest absolute Gasteiger partial charge is 0.497 e. The van der Waals surface area contributed by atoms with Crippen LogP contribution in [0.1, 0.15) is 27.7 Å². The Morgan fingerprint density at radius 3 is 2.38 bits per heavy atom. The van der Waals surface area contributed by atoms with E-state index in [4.69, 9.17) is 4.74 Å². The molecule has 8 heteroatoms. The van der Waals surface area contributed by atoms with Gasteiger partial charge in [-0.1, -0.05) is 30.3 Å². The lowest BCUT2D eigenvalue weighted by Gasteiger charge is -2.26. The van der Waals surface area contributed by atoms with E-state index in [0.29, 0.717) is 34.0 Å². The number of amides is 1. The summed E-state index contributed by atoms with van der Waals surface area (Å²) in [7, 11) is 1.59. The second kappa shape index (κ2) is 7.66. The monoisotopic (exact) mass is 426 g/mol. The topological polar surface area (TPSA) is 101 Å².